The van der Waals surface area contributed by atoms with Gasteiger partial charge in [-0.15, -0.1) is 0 Å². The topological polar surface area (TPSA) is 151 Å². The molecule has 2 aromatic heterocycles. The van der Waals surface area contributed by atoms with Crippen LogP contribution < -0.4 is 11.3 Å². The number of fused-ring (bicyclic) bond motifs is 1. The second-order valence-corrected chi connectivity index (χ2v) is 10.3. The molecule has 1 fully saturated rings. The maximum Gasteiger partial charge on any atom is 0.356 e. The molecule has 30 heavy (non-hydrogen) atoms. The van der Waals surface area contributed by atoms with Gasteiger partial charge in [0.1, 0.15) is 0 Å². The third-order valence-corrected chi connectivity index (χ3v) is 6.26. The van der Waals surface area contributed by atoms with Crippen LogP contribution in [-0.4, -0.2) is 39.4 Å². The molecule has 12 heteroatoms. The first kappa shape index (κ1) is 22.2. The lowest BCUT2D eigenvalue weighted by atomic mass is 9.98. The molecule has 0 bridgehead atoms. The van der Waals surface area contributed by atoms with Gasteiger partial charge in [-0.2, -0.15) is 4.98 Å². The molecule has 0 saturated heterocycles. The highest BCUT2D eigenvalue weighted by Gasteiger charge is 2.42. The van der Waals surface area contributed by atoms with E-state index in [4.69, 9.17) is 19.5 Å². The fourth-order valence-corrected chi connectivity index (χ4v) is 3.75. The molecule has 3 rings (SSSR count). The van der Waals surface area contributed by atoms with Gasteiger partial charge in [0, 0.05) is 24.9 Å². The molecule has 3 N–H and O–H groups in total. The van der Waals surface area contributed by atoms with Crippen LogP contribution in [0.25, 0.3) is 11.2 Å². The Morgan fingerprint density at radius 1 is 1.43 bits per heavy atom. The lowest BCUT2D eigenvalue weighted by Crippen LogP contribution is -2.23. The van der Waals surface area contributed by atoms with E-state index < -0.39 is 31.3 Å². The number of aromatic nitrogens is 4. The van der Waals surface area contributed by atoms with Crippen molar-refractivity contribution < 1.29 is 23.1 Å². The van der Waals surface area contributed by atoms with Gasteiger partial charge in [0.2, 0.25) is 12.7 Å². The van der Waals surface area contributed by atoms with Crippen LogP contribution in [0.1, 0.15) is 33.6 Å². The summed E-state index contributed by atoms with van der Waals surface area (Å²) in [6, 6.07) is 0. The molecule has 2 aromatic rings. The van der Waals surface area contributed by atoms with E-state index in [1.54, 1.807) is 31.4 Å². The molecule has 0 amide bonds. The molecule has 1 unspecified atom stereocenters. The number of rotatable bonds is 8. The van der Waals surface area contributed by atoms with Crippen molar-refractivity contribution in [3.05, 3.63) is 28.6 Å². The number of carbonyl (C=O) groups excluding carboxylic acids is 1. The number of nitrogens with one attached hydrogen (secondary N) is 1. The molecular formula is C18H26N5O6P. The third-order valence-electron chi connectivity index (χ3n) is 4.77. The summed E-state index contributed by atoms with van der Waals surface area (Å²) in [4.78, 5) is 34.4. The van der Waals surface area contributed by atoms with E-state index >= 15 is 0 Å². The molecule has 164 valence electrons. The van der Waals surface area contributed by atoms with Gasteiger partial charge in [0.15, 0.2) is 11.2 Å². The summed E-state index contributed by atoms with van der Waals surface area (Å²) in [6.45, 7) is 5.11. The van der Waals surface area contributed by atoms with Crippen molar-refractivity contribution in [3.8, 4) is 0 Å². The van der Waals surface area contributed by atoms with Crippen LogP contribution in [0.4, 0.5) is 5.95 Å². The molecule has 2 heterocycles. The zero-order valence-electron chi connectivity index (χ0n) is 17.4. The number of H-pyrrole nitrogens is 1. The minimum atomic E-state index is -3.59. The number of allylic oxidation sites excluding steroid dienone is 1. The van der Waals surface area contributed by atoms with Crippen molar-refractivity contribution in [1.29, 1.82) is 0 Å². The highest BCUT2D eigenvalue weighted by molar-refractivity contribution is 7.57. The number of anilines is 1. The average Bonchev–Trinajstić information content (AvgIpc) is 3.32. The molecule has 1 aliphatic rings. The second kappa shape index (κ2) is 7.98. The first-order valence-corrected chi connectivity index (χ1v) is 11.0. The predicted octanol–water partition coefficient (Wildman–Crippen LogP) is 2.40. The normalized spacial score (nSPS) is 17.9. The summed E-state index contributed by atoms with van der Waals surface area (Å²) >= 11 is 0. The van der Waals surface area contributed by atoms with Crippen LogP contribution in [0.15, 0.2) is 23.0 Å². The van der Waals surface area contributed by atoms with E-state index in [-0.39, 0.29) is 16.9 Å². The fourth-order valence-electron chi connectivity index (χ4n) is 2.74. The number of esters is 1. The summed E-state index contributed by atoms with van der Waals surface area (Å²) in [5.74, 6) is 0.914. The van der Waals surface area contributed by atoms with E-state index in [2.05, 4.69) is 15.0 Å². The third kappa shape index (κ3) is 4.97. The van der Waals surface area contributed by atoms with Gasteiger partial charge in [-0.3, -0.25) is 23.7 Å². The van der Waals surface area contributed by atoms with Gasteiger partial charge >= 0.3 is 13.6 Å². The Balaban J connectivity index is 1.69. The second-order valence-electron chi connectivity index (χ2n) is 8.33. The summed E-state index contributed by atoms with van der Waals surface area (Å²) in [7, 11) is -2.33. The maximum atomic E-state index is 12.8. The van der Waals surface area contributed by atoms with Crippen LogP contribution in [0.5, 0.6) is 0 Å². The zero-order valence-corrected chi connectivity index (χ0v) is 18.3. The minimum absolute atomic E-state index is 0.0109. The summed E-state index contributed by atoms with van der Waals surface area (Å²) in [5.41, 5.74) is 4.83. The molecule has 1 atom stereocenters. The lowest BCUT2D eigenvalue weighted by Gasteiger charge is -2.18. The summed E-state index contributed by atoms with van der Waals surface area (Å²) < 4.78 is 29.8. The van der Waals surface area contributed by atoms with E-state index in [1.807, 2.05) is 0 Å². The van der Waals surface area contributed by atoms with Crippen molar-refractivity contribution in [3.63, 3.8) is 0 Å². The lowest BCUT2D eigenvalue weighted by molar-refractivity contribution is -0.159. The number of ether oxygens (including phenoxy) is 1. The zero-order chi connectivity index (χ0) is 22.2. The van der Waals surface area contributed by atoms with Gasteiger partial charge in [0.05, 0.1) is 11.7 Å². The number of nitrogens with two attached hydrogens (primary N) is 1. The number of hydrogen-bond acceptors (Lipinski definition) is 9. The van der Waals surface area contributed by atoms with Gasteiger partial charge < -0.3 is 19.6 Å². The maximum absolute atomic E-state index is 12.8. The Morgan fingerprint density at radius 3 is 2.73 bits per heavy atom. The fraction of sp³-hybridized carbons (Fsp3) is 0.556. The van der Waals surface area contributed by atoms with Crippen molar-refractivity contribution in [1.82, 2.24) is 19.5 Å². The van der Waals surface area contributed by atoms with Crippen LogP contribution in [0.3, 0.4) is 0 Å². The van der Waals surface area contributed by atoms with E-state index in [9.17, 15) is 14.2 Å². The number of nitrogen functional groups attached to an aromatic ring is 1. The summed E-state index contributed by atoms with van der Waals surface area (Å²) in [6.07, 6.45) is 4.97. The molecule has 0 aromatic carbocycles. The Morgan fingerprint density at radius 2 is 2.13 bits per heavy atom. The monoisotopic (exact) mass is 439 g/mol. The Labute approximate surface area is 173 Å². The number of carbonyl (C=O) groups is 1. The summed E-state index contributed by atoms with van der Waals surface area (Å²) in [5, 5.41) is 0. The van der Waals surface area contributed by atoms with Crippen LogP contribution >= 0.6 is 7.60 Å². The molecule has 1 aliphatic carbocycles. The van der Waals surface area contributed by atoms with Crippen molar-refractivity contribution in [2.75, 3.05) is 19.6 Å². The van der Waals surface area contributed by atoms with Crippen LogP contribution in [0, 0.1) is 10.8 Å². The highest BCUT2D eigenvalue weighted by atomic mass is 31.2. The molecule has 1 saturated carbocycles. The van der Waals surface area contributed by atoms with Gasteiger partial charge in [-0.1, -0.05) is 6.08 Å². The van der Waals surface area contributed by atoms with Crippen LogP contribution in [-0.2, 0) is 29.7 Å². The molecule has 0 spiro atoms. The molecule has 0 aliphatic heterocycles. The Kier molecular flexibility index (Phi) is 5.90. The predicted molar refractivity (Wildman–Crippen MR) is 109 cm³/mol. The minimum Gasteiger partial charge on any atom is -0.438 e. The van der Waals surface area contributed by atoms with Gasteiger partial charge in [-0.25, -0.2) is 4.98 Å². The number of aromatic amines is 1. The number of nitrogens with zero attached hydrogens (tertiary/aromatic N) is 3. The standard InChI is InChI=1S/C18H26N5O6P/c1-17(2,3)15(25)28-11-29-30(26,27-4)8-7-18(5-6-18)9-23-10-20-12-13(23)21-16(19)22-14(12)24/h7-8,10H,5-6,9,11H2,1-4H3,(H3,19,21,22,24)/b8-7+. The smallest absolute Gasteiger partial charge is 0.356 e. The largest absolute Gasteiger partial charge is 0.438 e. The van der Waals surface area contributed by atoms with Crippen LogP contribution in [0.2, 0.25) is 0 Å². The average molecular weight is 439 g/mol. The first-order valence-electron chi connectivity index (χ1n) is 9.35. The first-order chi connectivity index (χ1) is 14.0. The Hall–Kier alpha value is -2.49. The van der Waals surface area contributed by atoms with Crippen molar-refractivity contribution in [2.45, 2.75) is 40.2 Å². The quantitative estimate of drug-likeness (QED) is 0.359. The SMILES string of the molecule is COP(=O)(/C=C/C1(Cn2cnc3c(=O)[nH]c(N)nc32)CC1)OCOC(=O)C(C)(C)C. The molecule has 0 radical (unpaired) electrons. The number of hydrogen-bond donors (Lipinski definition) is 2. The van der Waals surface area contributed by atoms with Crippen molar-refractivity contribution in [2.24, 2.45) is 10.8 Å². The molecule has 11 nitrogen and oxygen atoms in total. The van der Waals surface area contributed by atoms with Gasteiger partial charge in [0.25, 0.3) is 5.56 Å². The van der Waals surface area contributed by atoms with E-state index in [1.165, 1.54) is 19.3 Å². The van der Waals surface area contributed by atoms with E-state index in [0.717, 1.165) is 12.8 Å². The van der Waals surface area contributed by atoms with Crippen molar-refractivity contribution >= 4 is 30.7 Å². The molecular weight excluding hydrogens is 413 g/mol. The van der Waals surface area contributed by atoms with Gasteiger partial charge in [-0.05, 0) is 33.6 Å². The number of imidazole rings is 1. The Bertz CT molecular complexity index is 1080. The van der Waals surface area contributed by atoms with E-state index in [0.29, 0.717) is 12.2 Å². The highest BCUT2D eigenvalue weighted by Crippen LogP contribution is 2.54.